The van der Waals surface area contributed by atoms with Crippen LogP contribution in [0.2, 0.25) is 0 Å². The maximum Gasteiger partial charge on any atom is 0.0871 e. The summed E-state index contributed by atoms with van der Waals surface area (Å²) < 4.78 is 7.17. The number of fused-ring (bicyclic) bond motifs is 11. The molecule has 4 heteroatoms. The van der Waals surface area contributed by atoms with Crippen molar-refractivity contribution in [1.82, 2.24) is 18.5 Å². The molecule has 228 valence electrons. The second-order valence-corrected chi connectivity index (χ2v) is 12.8. The fourth-order valence-electron chi connectivity index (χ4n) is 8.18. The van der Waals surface area contributed by atoms with Gasteiger partial charge < -0.3 is 13.5 Å². The summed E-state index contributed by atoms with van der Waals surface area (Å²) in [5.41, 5.74) is 13.9. The van der Waals surface area contributed by atoms with Gasteiger partial charge in [-0.25, -0.2) is 0 Å². The largest absolute Gasteiger partial charge is 0.309 e. The topological polar surface area (TPSA) is 27.2 Å². The molecular formula is C45H28N4. The van der Waals surface area contributed by atoms with Gasteiger partial charge >= 0.3 is 0 Å². The minimum absolute atomic E-state index is 0.991. The van der Waals surface area contributed by atoms with Crippen molar-refractivity contribution in [2.75, 3.05) is 0 Å². The molecule has 4 aromatic heterocycles. The van der Waals surface area contributed by atoms with Gasteiger partial charge in [0.15, 0.2) is 0 Å². The smallest absolute Gasteiger partial charge is 0.0871 e. The lowest BCUT2D eigenvalue weighted by atomic mass is 10.0. The van der Waals surface area contributed by atoms with Crippen molar-refractivity contribution in [3.8, 4) is 22.5 Å². The highest BCUT2D eigenvalue weighted by Gasteiger charge is 2.19. The fraction of sp³-hybridized carbons (Fsp3) is 0. The summed E-state index contributed by atoms with van der Waals surface area (Å²) in [7, 11) is 0. The monoisotopic (exact) mass is 624 g/mol. The predicted molar refractivity (Wildman–Crippen MR) is 204 cm³/mol. The van der Waals surface area contributed by atoms with Crippen LogP contribution in [0.3, 0.4) is 0 Å². The standard InChI is InChI=1S/C45H28N4/c1-2-12-30(13-3-1)47-38-18-8-4-14-32(38)35-27-43-36(26-42(35)47)33-15-5-9-19-39(33)48(43)31-24-22-29(23-25-31)45-34-16-6-10-20-40(34)49-41-21-11-7-17-37(41)46-28-44(45)49/h1-28H. The van der Waals surface area contributed by atoms with E-state index in [4.69, 9.17) is 4.98 Å². The third kappa shape index (κ3) is 3.66. The van der Waals surface area contributed by atoms with Gasteiger partial charge in [-0.05, 0) is 72.3 Å². The Labute approximate surface area is 281 Å². The first-order chi connectivity index (χ1) is 24.3. The first-order valence-corrected chi connectivity index (χ1v) is 16.7. The number of para-hydroxylation sites is 6. The fourth-order valence-corrected chi connectivity index (χ4v) is 8.18. The van der Waals surface area contributed by atoms with E-state index in [1.165, 1.54) is 71.3 Å². The molecule has 0 bridgehead atoms. The lowest BCUT2D eigenvalue weighted by molar-refractivity contribution is 1.17. The van der Waals surface area contributed by atoms with Crippen LogP contribution in [0.15, 0.2) is 170 Å². The van der Waals surface area contributed by atoms with E-state index in [0.29, 0.717) is 0 Å². The quantitative estimate of drug-likeness (QED) is 0.192. The zero-order valence-electron chi connectivity index (χ0n) is 26.5. The number of aromatic nitrogens is 4. The first kappa shape index (κ1) is 26.4. The Kier molecular flexibility index (Phi) is 5.35. The molecular weight excluding hydrogens is 597 g/mol. The molecule has 0 saturated heterocycles. The second kappa shape index (κ2) is 9.93. The van der Waals surface area contributed by atoms with E-state index in [1.807, 2.05) is 12.3 Å². The highest BCUT2D eigenvalue weighted by molar-refractivity contribution is 6.19. The second-order valence-electron chi connectivity index (χ2n) is 12.8. The van der Waals surface area contributed by atoms with Gasteiger partial charge in [0.05, 0.1) is 50.3 Å². The molecule has 0 N–H and O–H groups in total. The van der Waals surface area contributed by atoms with Crippen molar-refractivity contribution in [2.45, 2.75) is 0 Å². The highest BCUT2D eigenvalue weighted by atomic mass is 15.0. The average molecular weight is 625 g/mol. The predicted octanol–water partition coefficient (Wildman–Crippen LogP) is 11.5. The Morgan fingerprint density at radius 1 is 0.347 bits per heavy atom. The van der Waals surface area contributed by atoms with Crippen LogP contribution in [-0.2, 0) is 0 Å². The SMILES string of the molecule is c1ccc(-n2c3ccccc3c3cc4c(cc32)c2ccccc2n4-c2ccc(-c3c4ccccc4n4c3cnc3ccccc34)cc2)cc1. The number of nitrogens with zero attached hydrogens (tertiary/aromatic N) is 4. The lowest BCUT2D eigenvalue weighted by Gasteiger charge is -2.10. The molecule has 0 aliphatic heterocycles. The summed E-state index contributed by atoms with van der Waals surface area (Å²) in [6, 6.07) is 59.1. The zero-order valence-corrected chi connectivity index (χ0v) is 26.5. The average Bonchev–Trinajstić information content (AvgIpc) is 3.80. The minimum Gasteiger partial charge on any atom is -0.309 e. The van der Waals surface area contributed by atoms with Crippen LogP contribution in [-0.4, -0.2) is 18.5 Å². The van der Waals surface area contributed by atoms with Gasteiger partial charge in [0.2, 0.25) is 0 Å². The molecule has 0 radical (unpaired) electrons. The summed E-state index contributed by atoms with van der Waals surface area (Å²) in [5, 5.41) is 6.22. The molecule has 4 heterocycles. The molecule has 11 aromatic rings. The van der Waals surface area contributed by atoms with E-state index in [2.05, 4.69) is 171 Å². The molecule has 0 atom stereocenters. The van der Waals surface area contributed by atoms with E-state index in [1.54, 1.807) is 0 Å². The van der Waals surface area contributed by atoms with Crippen molar-refractivity contribution >= 4 is 71.1 Å². The molecule has 7 aromatic carbocycles. The third-order valence-corrected chi connectivity index (χ3v) is 10.3. The van der Waals surface area contributed by atoms with E-state index < -0.39 is 0 Å². The Balaban J connectivity index is 1.15. The van der Waals surface area contributed by atoms with Gasteiger partial charge in [0.25, 0.3) is 0 Å². The van der Waals surface area contributed by atoms with Gasteiger partial charge in [0.1, 0.15) is 0 Å². The molecule has 0 fully saturated rings. The highest BCUT2D eigenvalue weighted by Crippen LogP contribution is 2.41. The number of benzene rings is 7. The number of hydrogen-bond donors (Lipinski definition) is 0. The maximum absolute atomic E-state index is 4.86. The van der Waals surface area contributed by atoms with E-state index in [-0.39, 0.29) is 0 Å². The van der Waals surface area contributed by atoms with E-state index >= 15 is 0 Å². The molecule has 0 spiro atoms. The van der Waals surface area contributed by atoms with Crippen LogP contribution >= 0.6 is 0 Å². The Hall–Kier alpha value is -6.65. The van der Waals surface area contributed by atoms with Crippen LogP contribution in [0.25, 0.3) is 93.6 Å². The summed E-state index contributed by atoms with van der Waals surface area (Å²) >= 11 is 0. The number of hydrogen-bond acceptors (Lipinski definition) is 1. The summed E-state index contributed by atoms with van der Waals surface area (Å²) in [4.78, 5) is 4.86. The summed E-state index contributed by atoms with van der Waals surface area (Å²) in [5.74, 6) is 0. The Morgan fingerprint density at radius 3 is 1.51 bits per heavy atom. The van der Waals surface area contributed by atoms with Crippen molar-refractivity contribution in [3.63, 3.8) is 0 Å². The van der Waals surface area contributed by atoms with Gasteiger partial charge in [0, 0.05) is 43.9 Å². The minimum atomic E-state index is 0.991. The van der Waals surface area contributed by atoms with Crippen molar-refractivity contribution < 1.29 is 0 Å². The molecule has 0 aliphatic rings. The van der Waals surface area contributed by atoms with Gasteiger partial charge in [-0.2, -0.15) is 0 Å². The first-order valence-electron chi connectivity index (χ1n) is 16.7. The summed E-state index contributed by atoms with van der Waals surface area (Å²) in [6.07, 6.45) is 2.02. The lowest BCUT2D eigenvalue weighted by Crippen LogP contribution is -1.95. The molecule has 11 rings (SSSR count). The van der Waals surface area contributed by atoms with E-state index in [9.17, 15) is 0 Å². The van der Waals surface area contributed by atoms with Crippen LogP contribution in [0.5, 0.6) is 0 Å². The molecule has 0 aliphatic carbocycles. The van der Waals surface area contributed by atoms with Crippen LogP contribution in [0, 0.1) is 0 Å². The molecule has 4 nitrogen and oxygen atoms in total. The third-order valence-electron chi connectivity index (χ3n) is 10.3. The summed E-state index contributed by atoms with van der Waals surface area (Å²) in [6.45, 7) is 0. The zero-order chi connectivity index (χ0) is 32.1. The van der Waals surface area contributed by atoms with Crippen LogP contribution < -0.4 is 0 Å². The van der Waals surface area contributed by atoms with Gasteiger partial charge in [-0.3, -0.25) is 4.98 Å². The number of rotatable bonds is 3. The van der Waals surface area contributed by atoms with Crippen LogP contribution in [0.4, 0.5) is 0 Å². The van der Waals surface area contributed by atoms with Crippen molar-refractivity contribution in [1.29, 1.82) is 0 Å². The molecule has 49 heavy (non-hydrogen) atoms. The van der Waals surface area contributed by atoms with Gasteiger partial charge in [-0.15, -0.1) is 0 Å². The normalized spacial score (nSPS) is 12.1. The van der Waals surface area contributed by atoms with Crippen molar-refractivity contribution in [2.24, 2.45) is 0 Å². The van der Waals surface area contributed by atoms with Crippen LogP contribution in [0.1, 0.15) is 0 Å². The van der Waals surface area contributed by atoms with Crippen molar-refractivity contribution in [3.05, 3.63) is 170 Å². The molecule has 0 unspecified atom stereocenters. The Morgan fingerprint density at radius 2 is 0.857 bits per heavy atom. The molecule has 0 saturated carbocycles. The van der Waals surface area contributed by atoms with E-state index in [0.717, 1.165) is 22.2 Å². The molecule has 0 amide bonds. The maximum atomic E-state index is 4.86. The Bertz CT molecular complexity index is 3090. The van der Waals surface area contributed by atoms with Gasteiger partial charge in [-0.1, -0.05) is 97.1 Å².